The Morgan fingerprint density at radius 2 is 1.79 bits per heavy atom. The first-order valence-electron chi connectivity index (χ1n) is 10.8. The summed E-state index contributed by atoms with van der Waals surface area (Å²) in [7, 11) is 0. The van der Waals surface area contributed by atoms with Crippen LogP contribution < -0.4 is 10.6 Å². The normalized spacial score (nSPS) is 14.9. The van der Waals surface area contributed by atoms with Crippen molar-refractivity contribution >= 4 is 40.8 Å². The fourth-order valence-electron chi connectivity index (χ4n) is 4.12. The molecule has 34 heavy (non-hydrogen) atoms. The molecule has 1 aliphatic carbocycles. The molecule has 1 unspecified atom stereocenters. The molecule has 0 radical (unpaired) electrons. The van der Waals surface area contributed by atoms with Crippen LogP contribution in [-0.2, 0) is 11.2 Å². The molecule has 174 valence electrons. The van der Waals surface area contributed by atoms with Crippen LogP contribution in [0.3, 0.4) is 0 Å². The van der Waals surface area contributed by atoms with Gasteiger partial charge in [0.25, 0.3) is 0 Å². The van der Waals surface area contributed by atoms with E-state index >= 15 is 0 Å². The van der Waals surface area contributed by atoms with Gasteiger partial charge in [-0.3, -0.25) is 9.59 Å². The molecule has 6 nitrogen and oxygen atoms in total. The Morgan fingerprint density at radius 1 is 1.03 bits per heavy atom. The van der Waals surface area contributed by atoms with Gasteiger partial charge in [-0.15, -0.1) is 0 Å². The van der Waals surface area contributed by atoms with Crippen molar-refractivity contribution in [1.82, 2.24) is 0 Å². The molecule has 0 bridgehead atoms. The van der Waals surface area contributed by atoms with E-state index in [0.29, 0.717) is 41.1 Å². The number of hydrogen-bond donors (Lipinski definition) is 3. The van der Waals surface area contributed by atoms with Crippen molar-refractivity contribution in [2.45, 2.75) is 25.7 Å². The highest BCUT2D eigenvalue weighted by atomic mass is 35.5. The van der Waals surface area contributed by atoms with Crippen molar-refractivity contribution in [3.8, 4) is 11.1 Å². The minimum absolute atomic E-state index is 0.0256. The third-order valence-electron chi connectivity index (χ3n) is 5.84. The van der Waals surface area contributed by atoms with Gasteiger partial charge in [0.1, 0.15) is 5.82 Å². The molecule has 0 saturated carbocycles. The van der Waals surface area contributed by atoms with Gasteiger partial charge in [0.2, 0.25) is 0 Å². The molecular weight excluding hydrogens is 459 g/mol. The van der Waals surface area contributed by atoms with Crippen molar-refractivity contribution in [3.05, 3.63) is 82.6 Å². The Morgan fingerprint density at radius 3 is 2.53 bits per heavy atom. The lowest BCUT2D eigenvalue weighted by Crippen LogP contribution is -2.23. The summed E-state index contributed by atoms with van der Waals surface area (Å²) in [5.41, 5.74) is 3.35. The highest BCUT2D eigenvalue weighted by Gasteiger charge is 2.27. The van der Waals surface area contributed by atoms with E-state index in [1.54, 1.807) is 42.5 Å². The monoisotopic (exact) mass is 480 g/mol. The van der Waals surface area contributed by atoms with Crippen LogP contribution in [0.5, 0.6) is 0 Å². The van der Waals surface area contributed by atoms with Gasteiger partial charge >= 0.3 is 12.0 Å². The number of nitrogens with one attached hydrogen (secondary N) is 2. The summed E-state index contributed by atoms with van der Waals surface area (Å²) < 4.78 is 14.7. The number of carbonyl (C=O) groups is 3. The number of aliphatic carboxylic acids is 1. The van der Waals surface area contributed by atoms with Crippen LogP contribution in [-0.4, -0.2) is 22.9 Å². The highest BCUT2D eigenvalue weighted by Crippen LogP contribution is 2.32. The standard InChI is InChI=1S/C26H22ClFN2O4/c27-19-2-1-3-20(14-19)29-26(34)30-23-10-7-17(13-22(23)28)16-6-9-21-18(12-16)5-4-15(25(21)33)8-11-24(31)32/h1-3,6-7,9-10,12-15H,4-5,8,11H2,(H,31,32)(H2,29,30,34). The van der Waals surface area contributed by atoms with E-state index < -0.39 is 17.8 Å². The minimum atomic E-state index is -0.907. The number of carboxylic acid groups (broad SMARTS) is 1. The number of benzene rings is 3. The Kier molecular flexibility index (Phi) is 6.93. The van der Waals surface area contributed by atoms with Crippen LogP contribution >= 0.6 is 11.6 Å². The predicted molar refractivity (Wildman–Crippen MR) is 129 cm³/mol. The second-order valence-electron chi connectivity index (χ2n) is 8.19. The molecule has 4 rings (SSSR count). The molecule has 0 spiro atoms. The number of halogens is 2. The average Bonchev–Trinajstić information content (AvgIpc) is 2.79. The van der Waals surface area contributed by atoms with Gasteiger partial charge in [-0.05, 0) is 66.3 Å². The fourth-order valence-corrected chi connectivity index (χ4v) is 4.31. The topological polar surface area (TPSA) is 95.5 Å². The first-order chi connectivity index (χ1) is 16.3. The lowest BCUT2D eigenvalue weighted by atomic mass is 9.79. The van der Waals surface area contributed by atoms with Crippen LogP contribution in [0.2, 0.25) is 5.02 Å². The van der Waals surface area contributed by atoms with Crippen LogP contribution in [0.15, 0.2) is 60.7 Å². The molecule has 0 aliphatic heterocycles. The number of urea groups is 1. The highest BCUT2D eigenvalue weighted by molar-refractivity contribution is 6.30. The van der Waals surface area contributed by atoms with Gasteiger partial charge in [-0.25, -0.2) is 9.18 Å². The summed E-state index contributed by atoms with van der Waals surface area (Å²) in [4.78, 5) is 35.8. The van der Waals surface area contributed by atoms with Gasteiger partial charge in [0.05, 0.1) is 5.69 Å². The summed E-state index contributed by atoms with van der Waals surface area (Å²) in [6, 6.07) is 15.9. The molecule has 0 fully saturated rings. The van der Waals surface area contributed by atoms with Crippen molar-refractivity contribution in [2.24, 2.45) is 5.92 Å². The van der Waals surface area contributed by atoms with Crippen molar-refractivity contribution in [2.75, 3.05) is 10.6 Å². The zero-order valence-electron chi connectivity index (χ0n) is 18.1. The largest absolute Gasteiger partial charge is 0.481 e. The smallest absolute Gasteiger partial charge is 0.323 e. The van der Waals surface area contributed by atoms with Crippen LogP contribution in [0.1, 0.15) is 35.2 Å². The van der Waals surface area contributed by atoms with Gasteiger partial charge in [0, 0.05) is 28.6 Å². The Bertz CT molecular complexity index is 1280. The van der Waals surface area contributed by atoms with Gasteiger partial charge in [0.15, 0.2) is 5.78 Å². The van der Waals surface area contributed by atoms with E-state index in [9.17, 15) is 18.8 Å². The first kappa shape index (κ1) is 23.4. The fraction of sp³-hybridized carbons (Fsp3) is 0.192. The maximum atomic E-state index is 14.7. The Labute approximate surface area is 200 Å². The van der Waals surface area contributed by atoms with Crippen molar-refractivity contribution < 1.29 is 23.9 Å². The van der Waals surface area contributed by atoms with E-state index in [1.807, 2.05) is 6.07 Å². The summed E-state index contributed by atoms with van der Waals surface area (Å²) in [5, 5.41) is 14.4. The van der Waals surface area contributed by atoms with Crippen LogP contribution in [0.4, 0.5) is 20.6 Å². The number of rotatable bonds is 6. The average molecular weight is 481 g/mol. The maximum absolute atomic E-state index is 14.7. The summed E-state index contributed by atoms with van der Waals surface area (Å²) >= 11 is 5.90. The quantitative estimate of drug-likeness (QED) is 0.380. The Hall–Kier alpha value is -3.71. The molecule has 0 saturated heterocycles. The molecule has 2 amide bonds. The first-order valence-corrected chi connectivity index (χ1v) is 11.2. The Balaban J connectivity index is 1.46. The van der Waals surface area contributed by atoms with E-state index in [2.05, 4.69) is 10.6 Å². The summed E-state index contributed by atoms with van der Waals surface area (Å²) in [5.74, 6) is -1.82. The molecular formula is C26H22ClFN2O4. The minimum Gasteiger partial charge on any atom is -0.481 e. The molecule has 0 aromatic heterocycles. The number of aryl methyl sites for hydroxylation is 1. The molecule has 1 atom stereocenters. The van der Waals surface area contributed by atoms with Gasteiger partial charge in [-0.2, -0.15) is 0 Å². The van der Waals surface area contributed by atoms with E-state index in [-0.39, 0.29) is 23.8 Å². The molecule has 3 aromatic rings. The second-order valence-corrected chi connectivity index (χ2v) is 8.62. The third kappa shape index (κ3) is 5.43. The second kappa shape index (κ2) is 10.1. The van der Waals surface area contributed by atoms with Crippen molar-refractivity contribution in [1.29, 1.82) is 0 Å². The number of Topliss-reactive ketones (excluding diaryl/α,β-unsaturated/α-hetero) is 1. The summed E-state index contributed by atoms with van der Waals surface area (Å²) in [6.45, 7) is 0. The lowest BCUT2D eigenvalue weighted by Gasteiger charge is -2.23. The maximum Gasteiger partial charge on any atom is 0.323 e. The number of carboxylic acids is 1. The number of ketones is 1. The van der Waals surface area contributed by atoms with E-state index in [4.69, 9.17) is 16.7 Å². The molecule has 3 N–H and O–H groups in total. The van der Waals surface area contributed by atoms with Crippen LogP contribution in [0, 0.1) is 11.7 Å². The number of amides is 2. The van der Waals surface area contributed by atoms with Crippen molar-refractivity contribution in [3.63, 3.8) is 0 Å². The number of hydrogen-bond acceptors (Lipinski definition) is 3. The summed E-state index contributed by atoms with van der Waals surface area (Å²) in [6.07, 6.45) is 1.56. The lowest BCUT2D eigenvalue weighted by molar-refractivity contribution is -0.137. The third-order valence-corrected chi connectivity index (χ3v) is 6.08. The van der Waals surface area contributed by atoms with E-state index in [0.717, 1.165) is 11.1 Å². The van der Waals surface area contributed by atoms with Gasteiger partial charge in [-0.1, -0.05) is 41.9 Å². The van der Waals surface area contributed by atoms with E-state index in [1.165, 1.54) is 12.1 Å². The van der Waals surface area contributed by atoms with Gasteiger partial charge < -0.3 is 15.7 Å². The molecule has 3 aromatic carbocycles. The zero-order valence-corrected chi connectivity index (χ0v) is 18.9. The number of anilines is 2. The molecule has 0 heterocycles. The number of fused-ring (bicyclic) bond motifs is 1. The molecule has 8 heteroatoms. The SMILES string of the molecule is O=C(O)CCC1CCc2cc(-c3ccc(NC(=O)Nc4cccc(Cl)c4)c(F)c3)ccc2C1=O. The van der Waals surface area contributed by atoms with Crippen LogP contribution in [0.25, 0.3) is 11.1 Å². The number of carbonyl (C=O) groups excluding carboxylic acids is 2. The zero-order chi connectivity index (χ0) is 24.2. The predicted octanol–water partition coefficient (Wildman–Crippen LogP) is 6.40. The molecule has 1 aliphatic rings.